The predicted molar refractivity (Wildman–Crippen MR) is 70.7 cm³/mol. The number of nitrogens with one attached hydrogen (secondary N) is 1. The number of rotatable bonds is 4. The van der Waals surface area contributed by atoms with Crippen molar-refractivity contribution in [3.8, 4) is 0 Å². The maximum atomic E-state index is 10.9. The first-order valence-electron chi connectivity index (χ1n) is 5.26. The molecule has 1 amide bonds. The summed E-state index contributed by atoms with van der Waals surface area (Å²) in [5, 5.41) is 8.50. The molecule has 2 heterocycles. The number of carbonyl (C=O) groups is 1. The molecule has 2 aromatic rings. The highest BCUT2D eigenvalue weighted by molar-refractivity contribution is 7.13. The van der Waals surface area contributed by atoms with Crippen molar-refractivity contribution in [3.63, 3.8) is 0 Å². The van der Waals surface area contributed by atoms with Gasteiger partial charge in [0.1, 0.15) is 0 Å². The zero-order valence-electron chi connectivity index (χ0n) is 9.69. The first-order chi connectivity index (χ1) is 8.13. The van der Waals surface area contributed by atoms with Gasteiger partial charge in [0.15, 0.2) is 5.13 Å². The molecule has 0 unspecified atom stereocenters. The molecule has 0 aromatic carbocycles. The number of aromatic nitrogens is 2. The second-order valence-corrected chi connectivity index (χ2v) is 5.60. The lowest BCUT2D eigenvalue weighted by molar-refractivity contribution is -0.114. The Bertz CT molecular complexity index is 518. The molecule has 17 heavy (non-hydrogen) atoms. The molecular weight excluding hydrogens is 254 g/mol. The number of hydrogen-bond donors (Lipinski definition) is 1. The Hall–Kier alpha value is -1.27. The molecule has 0 bridgehead atoms. The SMILES string of the molecule is CC(=O)Nc1nc(CCc2csc(C)n2)cs1. The number of carbonyl (C=O) groups excluding carboxylic acids is 1. The summed E-state index contributed by atoms with van der Waals surface area (Å²) in [4.78, 5) is 19.6. The zero-order chi connectivity index (χ0) is 12.3. The van der Waals surface area contributed by atoms with Crippen LogP contribution in [0.2, 0.25) is 0 Å². The fourth-order valence-corrected chi connectivity index (χ4v) is 2.85. The summed E-state index contributed by atoms with van der Waals surface area (Å²) in [7, 11) is 0. The van der Waals surface area contributed by atoms with E-state index in [4.69, 9.17) is 0 Å². The van der Waals surface area contributed by atoms with Crippen LogP contribution >= 0.6 is 22.7 Å². The van der Waals surface area contributed by atoms with Crippen LogP contribution in [0.15, 0.2) is 10.8 Å². The fraction of sp³-hybridized carbons (Fsp3) is 0.364. The van der Waals surface area contributed by atoms with Crippen molar-refractivity contribution in [2.45, 2.75) is 26.7 Å². The molecule has 0 fully saturated rings. The van der Waals surface area contributed by atoms with E-state index in [9.17, 15) is 4.79 Å². The van der Waals surface area contributed by atoms with Gasteiger partial charge in [0.05, 0.1) is 16.4 Å². The maximum Gasteiger partial charge on any atom is 0.223 e. The van der Waals surface area contributed by atoms with Crippen molar-refractivity contribution in [3.05, 3.63) is 27.2 Å². The average molecular weight is 267 g/mol. The Labute approximate surface area is 108 Å². The van der Waals surface area contributed by atoms with Gasteiger partial charge in [-0.05, 0) is 19.8 Å². The molecule has 0 aliphatic heterocycles. The molecule has 90 valence electrons. The van der Waals surface area contributed by atoms with Crippen LogP contribution in [0.1, 0.15) is 23.3 Å². The fourth-order valence-electron chi connectivity index (χ4n) is 1.41. The van der Waals surface area contributed by atoms with Gasteiger partial charge in [-0.1, -0.05) is 0 Å². The van der Waals surface area contributed by atoms with Crippen LogP contribution in [-0.2, 0) is 17.6 Å². The topological polar surface area (TPSA) is 54.9 Å². The third-order valence-corrected chi connectivity index (χ3v) is 3.77. The Morgan fingerprint density at radius 2 is 1.88 bits per heavy atom. The van der Waals surface area contributed by atoms with E-state index in [1.165, 1.54) is 18.3 Å². The molecule has 0 atom stereocenters. The number of hydrogen-bond acceptors (Lipinski definition) is 5. The molecule has 2 rings (SSSR count). The first-order valence-corrected chi connectivity index (χ1v) is 7.02. The van der Waals surface area contributed by atoms with Gasteiger partial charge in [-0.3, -0.25) is 4.79 Å². The van der Waals surface area contributed by atoms with E-state index < -0.39 is 0 Å². The lowest BCUT2D eigenvalue weighted by atomic mass is 10.2. The van der Waals surface area contributed by atoms with E-state index in [1.807, 2.05) is 12.3 Å². The molecule has 0 aliphatic carbocycles. The Balaban J connectivity index is 1.91. The van der Waals surface area contributed by atoms with Gasteiger partial charge in [0.2, 0.25) is 5.91 Å². The molecule has 0 aliphatic rings. The Morgan fingerprint density at radius 3 is 2.47 bits per heavy atom. The minimum atomic E-state index is -0.0824. The van der Waals surface area contributed by atoms with Gasteiger partial charge < -0.3 is 5.32 Å². The summed E-state index contributed by atoms with van der Waals surface area (Å²) in [6, 6.07) is 0. The first kappa shape index (κ1) is 12.2. The minimum absolute atomic E-state index is 0.0824. The third kappa shape index (κ3) is 3.61. The molecule has 6 heteroatoms. The Morgan fingerprint density at radius 1 is 1.24 bits per heavy atom. The highest BCUT2D eigenvalue weighted by Gasteiger charge is 2.05. The summed E-state index contributed by atoms with van der Waals surface area (Å²) < 4.78 is 0. The van der Waals surface area contributed by atoms with Crippen molar-refractivity contribution >= 4 is 33.7 Å². The molecule has 4 nitrogen and oxygen atoms in total. The minimum Gasteiger partial charge on any atom is -0.302 e. The lowest BCUT2D eigenvalue weighted by Crippen LogP contribution is -2.05. The summed E-state index contributed by atoms with van der Waals surface area (Å²) in [6.07, 6.45) is 1.76. The molecule has 0 radical (unpaired) electrons. The molecule has 1 N–H and O–H groups in total. The van der Waals surface area contributed by atoms with Crippen molar-refractivity contribution < 1.29 is 4.79 Å². The number of thiazole rings is 2. The summed E-state index contributed by atoms with van der Waals surface area (Å²) in [5.74, 6) is -0.0824. The van der Waals surface area contributed by atoms with Crippen molar-refractivity contribution in [1.82, 2.24) is 9.97 Å². The highest BCUT2D eigenvalue weighted by atomic mass is 32.1. The van der Waals surface area contributed by atoms with Crippen LogP contribution in [0.4, 0.5) is 5.13 Å². The van der Waals surface area contributed by atoms with Crippen molar-refractivity contribution in [2.24, 2.45) is 0 Å². The molecular formula is C11H13N3OS2. The molecule has 0 spiro atoms. The van der Waals surface area contributed by atoms with E-state index in [2.05, 4.69) is 20.7 Å². The predicted octanol–water partition coefficient (Wildman–Crippen LogP) is 2.65. The quantitative estimate of drug-likeness (QED) is 0.926. The van der Waals surface area contributed by atoms with Gasteiger partial charge in [-0.25, -0.2) is 9.97 Å². The van der Waals surface area contributed by atoms with Crippen molar-refractivity contribution in [2.75, 3.05) is 5.32 Å². The summed E-state index contributed by atoms with van der Waals surface area (Å²) in [5.41, 5.74) is 2.12. The van der Waals surface area contributed by atoms with Crippen LogP contribution in [-0.4, -0.2) is 15.9 Å². The number of aryl methyl sites for hydroxylation is 3. The summed E-state index contributed by atoms with van der Waals surface area (Å²) >= 11 is 3.12. The molecule has 2 aromatic heterocycles. The van der Waals surface area contributed by atoms with Crippen LogP contribution in [0.25, 0.3) is 0 Å². The zero-order valence-corrected chi connectivity index (χ0v) is 11.3. The molecule has 0 saturated carbocycles. The average Bonchev–Trinajstić information content (AvgIpc) is 2.84. The third-order valence-electron chi connectivity index (χ3n) is 2.14. The van der Waals surface area contributed by atoms with Crippen LogP contribution < -0.4 is 5.32 Å². The number of amides is 1. The second kappa shape index (κ2) is 5.37. The van der Waals surface area contributed by atoms with Crippen molar-refractivity contribution in [1.29, 1.82) is 0 Å². The normalized spacial score (nSPS) is 10.5. The standard InChI is InChI=1S/C11H13N3OS2/c1-7(15)12-11-14-10(6-17-11)4-3-9-5-16-8(2)13-9/h5-6H,3-4H2,1-2H3,(H,12,14,15). The lowest BCUT2D eigenvalue weighted by Gasteiger charge is -1.95. The maximum absolute atomic E-state index is 10.9. The van der Waals surface area contributed by atoms with E-state index in [0.717, 1.165) is 29.2 Å². The van der Waals surface area contributed by atoms with Crippen LogP contribution in [0.3, 0.4) is 0 Å². The van der Waals surface area contributed by atoms with E-state index in [1.54, 1.807) is 11.3 Å². The summed E-state index contributed by atoms with van der Waals surface area (Å²) in [6.45, 7) is 3.49. The highest BCUT2D eigenvalue weighted by Crippen LogP contribution is 2.17. The van der Waals surface area contributed by atoms with Gasteiger partial charge in [0, 0.05) is 17.7 Å². The smallest absolute Gasteiger partial charge is 0.223 e. The van der Waals surface area contributed by atoms with Crippen LogP contribution in [0, 0.1) is 6.92 Å². The monoisotopic (exact) mass is 267 g/mol. The van der Waals surface area contributed by atoms with Crippen LogP contribution in [0.5, 0.6) is 0 Å². The number of anilines is 1. The van der Waals surface area contributed by atoms with E-state index >= 15 is 0 Å². The van der Waals surface area contributed by atoms with Gasteiger partial charge in [-0.15, -0.1) is 22.7 Å². The second-order valence-electron chi connectivity index (χ2n) is 3.68. The van der Waals surface area contributed by atoms with E-state index in [-0.39, 0.29) is 5.91 Å². The largest absolute Gasteiger partial charge is 0.302 e. The molecule has 0 saturated heterocycles. The number of nitrogens with zero attached hydrogens (tertiary/aromatic N) is 2. The van der Waals surface area contributed by atoms with Gasteiger partial charge >= 0.3 is 0 Å². The Kier molecular flexibility index (Phi) is 3.86. The van der Waals surface area contributed by atoms with Gasteiger partial charge in [-0.2, -0.15) is 0 Å². The van der Waals surface area contributed by atoms with E-state index in [0.29, 0.717) is 5.13 Å². The van der Waals surface area contributed by atoms with Gasteiger partial charge in [0.25, 0.3) is 0 Å².